The molecule has 1 saturated carbocycles. The van der Waals surface area contributed by atoms with Crippen LogP contribution in [-0.2, 0) is 6.54 Å². The molecule has 0 bridgehead atoms. The maximum atomic E-state index is 12.7. The Kier molecular flexibility index (Phi) is 4.58. The van der Waals surface area contributed by atoms with Crippen LogP contribution in [0.5, 0.6) is 0 Å². The van der Waals surface area contributed by atoms with Crippen molar-refractivity contribution in [1.82, 2.24) is 5.32 Å². The summed E-state index contributed by atoms with van der Waals surface area (Å²) in [7, 11) is 0. The molecule has 0 aliphatic heterocycles. The quantitative estimate of drug-likeness (QED) is 0.859. The minimum atomic E-state index is -4.16. The highest BCUT2D eigenvalue weighted by molar-refractivity contribution is 5.56. The molecular weight excluding hydrogens is 265 g/mol. The summed E-state index contributed by atoms with van der Waals surface area (Å²) >= 11 is 0. The van der Waals surface area contributed by atoms with Crippen LogP contribution in [0.2, 0.25) is 0 Å². The van der Waals surface area contributed by atoms with Gasteiger partial charge in [0.25, 0.3) is 0 Å². The second kappa shape index (κ2) is 6.04. The molecule has 0 atom stereocenters. The van der Waals surface area contributed by atoms with Gasteiger partial charge in [-0.15, -0.1) is 0 Å². The van der Waals surface area contributed by atoms with E-state index in [1.807, 2.05) is 32.0 Å². The zero-order valence-corrected chi connectivity index (χ0v) is 11.9. The van der Waals surface area contributed by atoms with Crippen molar-refractivity contribution in [3.8, 4) is 0 Å². The molecule has 0 aromatic heterocycles. The van der Waals surface area contributed by atoms with Gasteiger partial charge in [0.2, 0.25) is 0 Å². The lowest BCUT2D eigenvalue weighted by molar-refractivity contribution is -0.120. The number of rotatable bonds is 6. The third kappa shape index (κ3) is 4.13. The number of nitrogens with one attached hydrogen (secondary N) is 1. The topological polar surface area (TPSA) is 15.3 Å². The Hall–Kier alpha value is -1.23. The van der Waals surface area contributed by atoms with Crippen LogP contribution in [0.25, 0.3) is 0 Å². The molecule has 1 N–H and O–H groups in total. The first-order chi connectivity index (χ1) is 9.40. The Bertz CT molecular complexity index is 453. The van der Waals surface area contributed by atoms with Crippen molar-refractivity contribution in [2.45, 2.75) is 45.5 Å². The van der Waals surface area contributed by atoms with E-state index in [1.54, 1.807) is 0 Å². The molecule has 5 heteroatoms. The van der Waals surface area contributed by atoms with Crippen LogP contribution >= 0.6 is 0 Å². The first-order valence-corrected chi connectivity index (χ1v) is 7.04. The lowest BCUT2D eigenvalue weighted by Gasteiger charge is -2.27. The van der Waals surface area contributed by atoms with Crippen LogP contribution in [0.15, 0.2) is 18.2 Å². The predicted octanol–water partition coefficient (Wildman–Crippen LogP) is 3.64. The third-order valence-electron chi connectivity index (χ3n) is 3.49. The van der Waals surface area contributed by atoms with Crippen molar-refractivity contribution in [2.75, 3.05) is 18.0 Å². The Labute approximate surface area is 118 Å². The molecule has 2 nitrogen and oxygen atoms in total. The molecule has 0 amide bonds. The largest absolute Gasteiger partial charge is 0.405 e. The fourth-order valence-electron chi connectivity index (χ4n) is 2.41. The van der Waals surface area contributed by atoms with E-state index in [-0.39, 0.29) is 6.04 Å². The van der Waals surface area contributed by atoms with Crippen molar-refractivity contribution >= 4 is 5.69 Å². The average molecular weight is 286 g/mol. The van der Waals surface area contributed by atoms with Crippen LogP contribution in [-0.4, -0.2) is 25.3 Å². The van der Waals surface area contributed by atoms with Crippen LogP contribution in [0.4, 0.5) is 18.9 Å². The van der Waals surface area contributed by atoms with Crippen molar-refractivity contribution < 1.29 is 13.2 Å². The highest BCUT2D eigenvalue weighted by atomic mass is 19.4. The minimum absolute atomic E-state index is 0.0509. The molecule has 112 valence electrons. The highest BCUT2D eigenvalue weighted by Gasteiger charge is 2.38. The molecule has 0 spiro atoms. The number of hydrogen-bond donors (Lipinski definition) is 1. The Morgan fingerprint density at radius 3 is 2.50 bits per heavy atom. The van der Waals surface area contributed by atoms with E-state index in [9.17, 15) is 13.2 Å². The molecule has 0 saturated heterocycles. The maximum Gasteiger partial charge on any atom is 0.405 e. The SMILES string of the molecule is CCNCc1ccc(N(CC(F)(F)F)C2CC2)c(C)c1. The van der Waals surface area contributed by atoms with E-state index in [0.29, 0.717) is 5.69 Å². The summed E-state index contributed by atoms with van der Waals surface area (Å²) in [5.74, 6) is 0. The molecule has 0 heterocycles. The van der Waals surface area contributed by atoms with Gasteiger partial charge in [0.1, 0.15) is 6.54 Å². The van der Waals surface area contributed by atoms with E-state index >= 15 is 0 Å². The molecule has 1 fully saturated rings. The lowest BCUT2D eigenvalue weighted by atomic mass is 10.1. The summed E-state index contributed by atoms with van der Waals surface area (Å²) in [6, 6.07) is 5.77. The summed E-state index contributed by atoms with van der Waals surface area (Å²) in [6.07, 6.45) is -2.44. The summed E-state index contributed by atoms with van der Waals surface area (Å²) in [5, 5.41) is 3.22. The number of hydrogen-bond acceptors (Lipinski definition) is 2. The van der Waals surface area contributed by atoms with Crippen molar-refractivity contribution in [3.63, 3.8) is 0 Å². The summed E-state index contributed by atoms with van der Waals surface area (Å²) < 4.78 is 38.1. The Balaban J connectivity index is 2.16. The number of aryl methyl sites for hydroxylation is 1. The van der Waals surface area contributed by atoms with Gasteiger partial charge in [0.15, 0.2) is 0 Å². The van der Waals surface area contributed by atoms with Crippen molar-refractivity contribution in [3.05, 3.63) is 29.3 Å². The van der Waals surface area contributed by atoms with Gasteiger partial charge in [-0.1, -0.05) is 19.1 Å². The van der Waals surface area contributed by atoms with E-state index in [2.05, 4.69) is 5.32 Å². The number of benzene rings is 1. The fraction of sp³-hybridized carbons (Fsp3) is 0.600. The van der Waals surface area contributed by atoms with Gasteiger partial charge in [-0.05, 0) is 43.5 Å². The van der Waals surface area contributed by atoms with Gasteiger partial charge < -0.3 is 10.2 Å². The minimum Gasteiger partial charge on any atom is -0.359 e. The molecule has 0 radical (unpaired) electrons. The molecule has 1 aliphatic carbocycles. The van der Waals surface area contributed by atoms with Crippen LogP contribution in [0.3, 0.4) is 0 Å². The second-order valence-electron chi connectivity index (χ2n) is 5.38. The first kappa shape index (κ1) is 15.2. The maximum absolute atomic E-state index is 12.7. The number of anilines is 1. The van der Waals surface area contributed by atoms with Crippen LogP contribution in [0.1, 0.15) is 30.9 Å². The Morgan fingerprint density at radius 2 is 2.00 bits per heavy atom. The number of alkyl halides is 3. The average Bonchev–Trinajstić information content (AvgIpc) is 3.17. The predicted molar refractivity (Wildman–Crippen MR) is 75.0 cm³/mol. The monoisotopic (exact) mass is 286 g/mol. The molecular formula is C15H21F3N2. The summed E-state index contributed by atoms with van der Waals surface area (Å²) in [4.78, 5) is 1.51. The number of nitrogens with zero attached hydrogens (tertiary/aromatic N) is 1. The third-order valence-corrected chi connectivity index (χ3v) is 3.49. The van der Waals surface area contributed by atoms with Gasteiger partial charge in [0.05, 0.1) is 0 Å². The van der Waals surface area contributed by atoms with Crippen molar-refractivity contribution in [1.29, 1.82) is 0 Å². The smallest absolute Gasteiger partial charge is 0.359 e. The molecule has 1 aromatic rings. The van der Waals surface area contributed by atoms with E-state index in [1.165, 1.54) is 4.90 Å². The molecule has 0 unspecified atom stereocenters. The lowest BCUT2D eigenvalue weighted by Crippen LogP contribution is -2.36. The normalized spacial score (nSPS) is 15.4. The molecule has 1 aliphatic rings. The van der Waals surface area contributed by atoms with Gasteiger partial charge in [-0.25, -0.2) is 0 Å². The van der Waals surface area contributed by atoms with E-state index in [0.717, 1.165) is 37.1 Å². The van der Waals surface area contributed by atoms with E-state index in [4.69, 9.17) is 0 Å². The first-order valence-electron chi connectivity index (χ1n) is 7.04. The zero-order chi connectivity index (χ0) is 14.8. The Morgan fingerprint density at radius 1 is 1.30 bits per heavy atom. The zero-order valence-electron chi connectivity index (χ0n) is 11.9. The van der Waals surface area contributed by atoms with Crippen LogP contribution in [0, 0.1) is 6.92 Å². The summed E-state index contributed by atoms with van der Waals surface area (Å²) in [5.41, 5.74) is 2.73. The summed E-state index contributed by atoms with van der Waals surface area (Å²) in [6.45, 7) is 4.68. The van der Waals surface area contributed by atoms with Crippen LogP contribution < -0.4 is 10.2 Å². The van der Waals surface area contributed by atoms with Gasteiger partial charge in [-0.3, -0.25) is 0 Å². The number of halogens is 3. The van der Waals surface area contributed by atoms with Gasteiger partial charge >= 0.3 is 6.18 Å². The van der Waals surface area contributed by atoms with Crippen molar-refractivity contribution in [2.24, 2.45) is 0 Å². The van der Waals surface area contributed by atoms with Gasteiger partial charge in [0, 0.05) is 18.3 Å². The fourth-order valence-corrected chi connectivity index (χ4v) is 2.41. The van der Waals surface area contributed by atoms with E-state index < -0.39 is 12.7 Å². The molecule has 1 aromatic carbocycles. The highest BCUT2D eigenvalue weighted by Crippen LogP contribution is 2.36. The molecule has 20 heavy (non-hydrogen) atoms. The molecule has 2 rings (SSSR count). The van der Waals surface area contributed by atoms with Gasteiger partial charge in [-0.2, -0.15) is 13.2 Å². The second-order valence-corrected chi connectivity index (χ2v) is 5.38. The standard InChI is InChI=1S/C15H21F3N2/c1-3-19-9-12-4-7-14(11(2)8-12)20(13-5-6-13)10-15(16,17)18/h4,7-8,13,19H,3,5-6,9-10H2,1-2H3.